The highest BCUT2D eigenvalue weighted by molar-refractivity contribution is 5.76. The minimum absolute atomic E-state index is 0.129. The molecule has 41 heavy (non-hydrogen) atoms. The standard InChI is InChI=1S/C23H32O2.C14H14O2/c1-14-9-16(20(24)18(11-14)22(3,4)5)13-17-10-15(2)12-19(21(17)25)23(6,7)8;1-9-3-5-13(15)11(7-9)12-8-10(2)4-6-14(12)16/h9-12,24-25H,13H2,1-8H3;3-8,15-16H,1-2H3. The summed E-state index contributed by atoms with van der Waals surface area (Å²) in [7, 11) is 0. The van der Waals surface area contributed by atoms with Gasteiger partial charge in [0.1, 0.15) is 23.0 Å². The van der Waals surface area contributed by atoms with Crippen LogP contribution in [0.25, 0.3) is 11.1 Å². The normalized spacial score (nSPS) is 11.7. The summed E-state index contributed by atoms with van der Waals surface area (Å²) in [5.41, 5.74) is 9.06. The number of benzene rings is 4. The Balaban J connectivity index is 0.000000248. The Hall–Kier alpha value is -3.92. The van der Waals surface area contributed by atoms with Crippen molar-refractivity contribution in [2.75, 3.05) is 0 Å². The van der Waals surface area contributed by atoms with Gasteiger partial charge in [0, 0.05) is 17.5 Å². The van der Waals surface area contributed by atoms with Crippen molar-refractivity contribution in [2.24, 2.45) is 0 Å². The number of hydrogen-bond acceptors (Lipinski definition) is 4. The van der Waals surface area contributed by atoms with E-state index in [-0.39, 0.29) is 22.3 Å². The van der Waals surface area contributed by atoms with Gasteiger partial charge in [-0.05, 0) is 85.0 Å². The quantitative estimate of drug-likeness (QED) is 0.203. The highest BCUT2D eigenvalue weighted by Gasteiger charge is 2.24. The lowest BCUT2D eigenvalue weighted by Gasteiger charge is -2.25. The summed E-state index contributed by atoms with van der Waals surface area (Å²) in [6.07, 6.45) is 0.521. The monoisotopic (exact) mass is 554 g/mol. The zero-order valence-corrected chi connectivity index (χ0v) is 26.3. The van der Waals surface area contributed by atoms with Gasteiger partial charge in [-0.2, -0.15) is 0 Å². The van der Waals surface area contributed by atoms with Crippen LogP contribution < -0.4 is 0 Å². The average molecular weight is 555 g/mol. The van der Waals surface area contributed by atoms with Gasteiger partial charge in [0.25, 0.3) is 0 Å². The zero-order valence-electron chi connectivity index (χ0n) is 26.3. The van der Waals surface area contributed by atoms with Gasteiger partial charge < -0.3 is 20.4 Å². The van der Waals surface area contributed by atoms with E-state index < -0.39 is 0 Å². The van der Waals surface area contributed by atoms with Crippen LogP contribution in [0.2, 0.25) is 0 Å². The fourth-order valence-corrected chi connectivity index (χ4v) is 5.06. The molecule has 4 nitrogen and oxygen atoms in total. The molecule has 4 aromatic rings. The molecule has 0 amide bonds. The molecule has 0 atom stereocenters. The number of hydrogen-bond donors (Lipinski definition) is 4. The Bertz CT molecular complexity index is 1430. The van der Waals surface area contributed by atoms with Crippen LogP contribution in [0.4, 0.5) is 0 Å². The van der Waals surface area contributed by atoms with E-state index in [1.54, 1.807) is 12.1 Å². The number of aromatic hydroxyl groups is 4. The van der Waals surface area contributed by atoms with Crippen LogP contribution in [-0.2, 0) is 17.3 Å². The molecule has 4 N–H and O–H groups in total. The third kappa shape index (κ3) is 7.64. The summed E-state index contributed by atoms with van der Waals surface area (Å²) in [5, 5.41) is 41.2. The maximum Gasteiger partial charge on any atom is 0.123 e. The third-order valence-electron chi connectivity index (χ3n) is 7.26. The fourth-order valence-electron chi connectivity index (χ4n) is 5.06. The molecule has 0 unspecified atom stereocenters. The summed E-state index contributed by atoms with van der Waals surface area (Å²) in [4.78, 5) is 0. The van der Waals surface area contributed by atoms with E-state index in [2.05, 4.69) is 67.5 Å². The van der Waals surface area contributed by atoms with E-state index in [4.69, 9.17) is 0 Å². The van der Waals surface area contributed by atoms with Crippen molar-refractivity contribution < 1.29 is 20.4 Å². The lowest BCUT2D eigenvalue weighted by Crippen LogP contribution is -2.14. The van der Waals surface area contributed by atoms with Crippen LogP contribution in [0.1, 0.15) is 86.1 Å². The number of rotatable bonds is 3. The second kappa shape index (κ2) is 11.9. The predicted octanol–water partition coefficient (Wildman–Crippen LogP) is 9.28. The molecule has 0 fully saturated rings. The second-order valence-corrected chi connectivity index (χ2v) is 13.4. The molecular weight excluding hydrogens is 508 g/mol. The first-order valence-corrected chi connectivity index (χ1v) is 14.1. The van der Waals surface area contributed by atoms with Gasteiger partial charge in [0.05, 0.1) is 0 Å². The molecule has 0 aliphatic rings. The van der Waals surface area contributed by atoms with Crippen molar-refractivity contribution in [1.29, 1.82) is 0 Å². The maximum atomic E-state index is 10.8. The van der Waals surface area contributed by atoms with E-state index in [0.29, 0.717) is 29.0 Å². The Labute approximate surface area is 246 Å². The van der Waals surface area contributed by atoms with Crippen LogP contribution in [0.5, 0.6) is 23.0 Å². The topological polar surface area (TPSA) is 80.9 Å². The molecule has 0 radical (unpaired) electrons. The van der Waals surface area contributed by atoms with Gasteiger partial charge in [0.2, 0.25) is 0 Å². The number of aryl methyl sites for hydroxylation is 4. The highest BCUT2D eigenvalue weighted by Crippen LogP contribution is 2.39. The van der Waals surface area contributed by atoms with Crippen LogP contribution in [0.15, 0.2) is 60.7 Å². The van der Waals surface area contributed by atoms with Crippen LogP contribution in [0, 0.1) is 27.7 Å². The van der Waals surface area contributed by atoms with Gasteiger partial charge >= 0.3 is 0 Å². The van der Waals surface area contributed by atoms with Gasteiger partial charge in [-0.1, -0.05) is 100 Å². The van der Waals surface area contributed by atoms with Crippen molar-refractivity contribution >= 4 is 0 Å². The van der Waals surface area contributed by atoms with Gasteiger partial charge in [-0.3, -0.25) is 0 Å². The van der Waals surface area contributed by atoms with Crippen molar-refractivity contribution in [3.05, 3.63) is 105 Å². The zero-order chi connectivity index (χ0) is 30.9. The van der Waals surface area contributed by atoms with Crippen molar-refractivity contribution in [1.82, 2.24) is 0 Å². The summed E-state index contributed by atoms with van der Waals surface area (Å²) < 4.78 is 0. The minimum Gasteiger partial charge on any atom is -0.507 e. The summed E-state index contributed by atoms with van der Waals surface area (Å²) in [6.45, 7) is 20.6. The molecule has 0 aliphatic heterocycles. The van der Waals surface area contributed by atoms with Gasteiger partial charge in [0.15, 0.2) is 0 Å². The third-order valence-corrected chi connectivity index (χ3v) is 7.26. The van der Waals surface area contributed by atoms with Gasteiger partial charge in [-0.15, -0.1) is 0 Å². The smallest absolute Gasteiger partial charge is 0.123 e. The molecule has 0 bridgehead atoms. The molecular formula is C37H46O4. The van der Waals surface area contributed by atoms with E-state index in [1.165, 1.54) is 0 Å². The molecule has 4 rings (SSSR count). The van der Waals surface area contributed by atoms with Crippen LogP contribution in [0.3, 0.4) is 0 Å². The molecule has 0 saturated heterocycles. The summed E-state index contributed by atoms with van der Waals surface area (Å²) in [6, 6.07) is 18.8. The summed E-state index contributed by atoms with van der Waals surface area (Å²) >= 11 is 0. The molecule has 0 aromatic heterocycles. The Morgan fingerprint density at radius 1 is 0.463 bits per heavy atom. The Morgan fingerprint density at radius 2 is 0.805 bits per heavy atom. The lowest BCUT2D eigenvalue weighted by molar-refractivity contribution is 0.435. The van der Waals surface area contributed by atoms with E-state index in [9.17, 15) is 20.4 Å². The largest absolute Gasteiger partial charge is 0.507 e. The lowest BCUT2D eigenvalue weighted by atomic mass is 9.81. The Kier molecular flexibility index (Phi) is 9.17. The first kappa shape index (κ1) is 31.6. The first-order chi connectivity index (χ1) is 18.9. The molecule has 218 valence electrons. The molecule has 0 heterocycles. The SMILES string of the molecule is Cc1cc(Cc2cc(C)cc(C(C)(C)C)c2O)c(O)c(C(C)(C)C)c1.Cc1ccc(O)c(-c2cc(C)ccc2O)c1. The van der Waals surface area contributed by atoms with Gasteiger partial charge in [-0.25, -0.2) is 0 Å². The second-order valence-electron chi connectivity index (χ2n) is 13.4. The van der Waals surface area contributed by atoms with E-state index >= 15 is 0 Å². The summed E-state index contributed by atoms with van der Waals surface area (Å²) in [5.74, 6) is 1.06. The molecule has 0 aliphatic carbocycles. The van der Waals surface area contributed by atoms with Crippen molar-refractivity contribution in [3.63, 3.8) is 0 Å². The maximum absolute atomic E-state index is 10.8. The van der Waals surface area contributed by atoms with E-state index in [1.807, 2.05) is 50.2 Å². The highest BCUT2D eigenvalue weighted by atomic mass is 16.3. The minimum atomic E-state index is -0.129. The average Bonchev–Trinajstić information content (AvgIpc) is 2.85. The molecule has 4 heteroatoms. The molecule has 0 spiro atoms. The van der Waals surface area contributed by atoms with Crippen molar-refractivity contribution in [2.45, 2.75) is 86.5 Å². The van der Waals surface area contributed by atoms with Crippen LogP contribution >= 0.6 is 0 Å². The number of phenols is 4. The Morgan fingerprint density at radius 3 is 1.12 bits per heavy atom. The van der Waals surface area contributed by atoms with Crippen LogP contribution in [-0.4, -0.2) is 20.4 Å². The molecule has 4 aromatic carbocycles. The fraction of sp³-hybridized carbons (Fsp3) is 0.351. The van der Waals surface area contributed by atoms with Crippen molar-refractivity contribution in [3.8, 4) is 34.1 Å². The predicted molar refractivity (Wildman–Crippen MR) is 171 cm³/mol. The first-order valence-electron chi connectivity index (χ1n) is 14.1. The molecule has 0 saturated carbocycles. The number of phenolic OH excluding ortho intramolecular Hbond substituents is 4. The van der Waals surface area contributed by atoms with E-state index in [0.717, 1.165) is 44.5 Å².